The summed E-state index contributed by atoms with van der Waals surface area (Å²) in [6.07, 6.45) is 2.08. The summed E-state index contributed by atoms with van der Waals surface area (Å²) >= 11 is 0. The molecule has 0 atom stereocenters. The molecule has 120 valence electrons. The van der Waals surface area contributed by atoms with Crippen LogP contribution in [0.4, 0.5) is 0 Å². The summed E-state index contributed by atoms with van der Waals surface area (Å²) in [6, 6.07) is 11.7. The van der Waals surface area contributed by atoms with Crippen molar-refractivity contribution in [2.75, 3.05) is 0 Å². The van der Waals surface area contributed by atoms with Crippen molar-refractivity contribution in [1.82, 2.24) is 0 Å². The van der Waals surface area contributed by atoms with E-state index in [2.05, 4.69) is 39.8 Å². The molecule has 2 heteroatoms. The van der Waals surface area contributed by atoms with E-state index in [-0.39, 0.29) is 16.2 Å². The van der Waals surface area contributed by atoms with E-state index in [0.29, 0.717) is 11.5 Å². The van der Waals surface area contributed by atoms with Crippen LogP contribution in [-0.2, 0) is 16.2 Å². The molecule has 0 unspecified atom stereocenters. The van der Waals surface area contributed by atoms with Crippen molar-refractivity contribution >= 4 is 0 Å². The average Bonchev–Trinajstić information content (AvgIpc) is 2.79. The molecule has 0 radical (unpaired) electrons. The fourth-order valence-corrected chi connectivity index (χ4v) is 5.31. The van der Waals surface area contributed by atoms with Gasteiger partial charge in [0.15, 0.2) is 0 Å². The van der Waals surface area contributed by atoms with Crippen LogP contribution in [0.1, 0.15) is 62.8 Å². The van der Waals surface area contributed by atoms with E-state index in [1.807, 2.05) is 24.3 Å². The fraction of sp³-hybridized carbons (Fsp3) is 0.429. The summed E-state index contributed by atoms with van der Waals surface area (Å²) in [6.45, 7) is 9.08. The van der Waals surface area contributed by atoms with Gasteiger partial charge in [-0.1, -0.05) is 39.8 Å². The Labute approximate surface area is 137 Å². The molecule has 2 aliphatic rings. The summed E-state index contributed by atoms with van der Waals surface area (Å²) < 4.78 is 0. The second-order valence-corrected chi connectivity index (χ2v) is 8.66. The normalized spacial score (nSPS) is 22.1. The van der Waals surface area contributed by atoms with Gasteiger partial charge in [0.25, 0.3) is 0 Å². The highest BCUT2D eigenvalue weighted by Gasteiger charge is 2.56. The van der Waals surface area contributed by atoms with Gasteiger partial charge in [-0.15, -0.1) is 0 Å². The molecule has 0 aliphatic heterocycles. The topological polar surface area (TPSA) is 40.5 Å². The maximum atomic E-state index is 9.96. The van der Waals surface area contributed by atoms with Gasteiger partial charge in [-0.2, -0.15) is 0 Å². The predicted octanol–water partition coefficient (Wildman–Crippen LogP) is 4.75. The van der Waals surface area contributed by atoms with Crippen LogP contribution in [0.5, 0.6) is 11.5 Å². The zero-order chi connectivity index (χ0) is 16.6. The predicted molar refractivity (Wildman–Crippen MR) is 92.3 cm³/mol. The lowest BCUT2D eigenvalue weighted by atomic mass is 9.72. The van der Waals surface area contributed by atoms with E-state index in [9.17, 15) is 10.2 Å². The van der Waals surface area contributed by atoms with Gasteiger partial charge in [0, 0.05) is 5.41 Å². The highest BCUT2D eigenvalue weighted by molar-refractivity contribution is 5.61. The molecule has 0 bridgehead atoms. The molecule has 1 spiro atoms. The summed E-state index contributed by atoms with van der Waals surface area (Å²) in [7, 11) is 0. The summed E-state index contributed by atoms with van der Waals surface area (Å²) in [5, 5.41) is 19.9. The Morgan fingerprint density at radius 2 is 1.04 bits per heavy atom. The Morgan fingerprint density at radius 3 is 1.43 bits per heavy atom. The molecule has 0 aromatic heterocycles. The summed E-state index contributed by atoms with van der Waals surface area (Å²) in [4.78, 5) is 0. The molecule has 0 heterocycles. The minimum Gasteiger partial charge on any atom is -0.508 e. The van der Waals surface area contributed by atoms with Crippen LogP contribution in [0.15, 0.2) is 36.4 Å². The van der Waals surface area contributed by atoms with E-state index in [4.69, 9.17) is 0 Å². The first kappa shape index (κ1) is 14.6. The lowest BCUT2D eigenvalue weighted by Gasteiger charge is -2.30. The van der Waals surface area contributed by atoms with Crippen molar-refractivity contribution in [2.45, 2.75) is 56.8 Å². The molecule has 0 saturated carbocycles. The lowest BCUT2D eigenvalue weighted by molar-refractivity contribution is 0.349. The minimum atomic E-state index is -0.0148. The van der Waals surface area contributed by atoms with E-state index < -0.39 is 0 Å². The molecule has 2 nitrogen and oxygen atoms in total. The standard InChI is InChI=1S/C21H24O2/c1-19(2)11-21(15-7-5-13(22)9-17(15)19)12-20(3,4)18-10-14(23)6-8-16(18)21/h5-10,22-23H,11-12H2,1-4H3. The number of rotatable bonds is 0. The quantitative estimate of drug-likeness (QED) is 0.737. The molecule has 2 aliphatic carbocycles. The van der Waals surface area contributed by atoms with Crippen molar-refractivity contribution in [3.63, 3.8) is 0 Å². The van der Waals surface area contributed by atoms with Crippen molar-refractivity contribution in [2.24, 2.45) is 0 Å². The third-order valence-corrected chi connectivity index (χ3v) is 5.98. The third kappa shape index (κ3) is 1.81. The zero-order valence-corrected chi connectivity index (χ0v) is 14.3. The van der Waals surface area contributed by atoms with Crippen LogP contribution in [0.25, 0.3) is 0 Å². The molecule has 2 N–H and O–H groups in total. The number of hydrogen-bond acceptors (Lipinski definition) is 2. The van der Waals surface area contributed by atoms with Crippen LogP contribution in [-0.4, -0.2) is 10.2 Å². The number of benzene rings is 2. The largest absolute Gasteiger partial charge is 0.508 e. The van der Waals surface area contributed by atoms with Crippen molar-refractivity contribution in [3.05, 3.63) is 58.7 Å². The number of fused-ring (bicyclic) bond motifs is 4. The maximum Gasteiger partial charge on any atom is 0.115 e. The summed E-state index contributed by atoms with van der Waals surface area (Å²) in [5.41, 5.74) is 5.26. The van der Waals surface area contributed by atoms with Crippen LogP contribution in [0.3, 0.4) is 0 Å². The second-order valence-electron chi connectivity index (χ2n) is 8.66. The van der Waals surface area contributed by atoms with Gasteiger partial charge in [-0.25, -0.2) is 0 Å². The Kier molecular flexibility index (Phi) is 2.61. The molecule has 0 fully saturated rings. The first-order valence-corrected chi connectivity index (χ1v) is 8.34. The third-order valence-electron chi connectivity index (χ3n) is 5.98. The first-order chi connectivity index (χ1) is 10.7. The van der Waals surface area contributed by atoms with Gasteiger partial charge in [0.2, 0.25) is 0 Å². The SMILES string of the molecule is CC1(C)CC2(CC(C)(C)c3cc(O)ccc32)c2ccc(O)cc21. The highest BCUT2D eigenvalue weighted by Crippen LogP contribution is 2.63. The molecular weight excluding hydrogens is 284 g/mol. The zero-order valence-electron chi connectivity index (χ0n) is 14.3. The van der Waals surface area contributed by atoms with Gasteiger partial charge < -0.3 is 10.2 Å². The molecule has 0 saturated heterocycles. The molecular formula is C21H24O2. The van der Waals surface area contributed by atoms with Gasteiger partial charge in [0.05, 0.1) is 0 Å². The molecule has 0 amide bonds. The van der Waals surface area contributed by atoms with Gasteiger partial charge in [-0.3, -0.25) is 0 Å². The number of aromatic hydroxyl groups is 2. The van der Waals surface area contributed by atoms with E-state index in [1.165, 1.54) is 22.3 Å². The number of phenolic OH excluding ortho intramolecular Hbond substituents is 2. The Bertz CT molecular complexity index is 745. The fourth-order valence-electron chi connectivity index (χ4n) is 5.31. The Hall–Kier alpha value is -1.96. The van der Waals surface area contributed by atoms with Gasteiger partial charge in [0.1, 0.15) is 11.5 Å². The van der Waals surface area contributed by atoms with Crippen LogP contribution < -0.4 is 0 Å². The second kappa shape index (κ2) is 4.11. The Balaban J connectivity index is 2.03. The van der Waals surface area contributed by atoms with E-state index >= 15 is 0 Å². The first-order valence-electron chi connectivity index (χ1n) is 8.34. The molecule has 2 aromatic rings. The molecule has 4 rings (SSSR count). The number of phenols is 2. The highest BCUT2D eigenvalue weighted by atomic mass is 16.3. The molecule has 2 aromatic carbocycles. The minimum absolute atomic E-state index is 0.0148. The molecule has 23 heavy (non-hydrogen) atoms. The van der Waals surface area contributed by atoms with Crippen molar-refractivity contribution in [1.29, 1.82) is 0 Å². The van der Waals surface area contributed by atoms with Crippen molar-refractivity contribution in [3.8, 4) is 11.5 Å². The van der Waals surface area contributed by atoms with E-state index in [1.54, 1.807) is 0 Å². The lowest BCUT2D eigenvalue weighted by Crippen LogP contribution is -2.26. The van der Waals surface area contributed by atoms with Crippen molar-refractivity contribution < 1.29 is 10.2 Å². The van der Waals surface area contributed by atoms with Crippen LogP contribution in [0, 0.1) is 0 Å². The smallest absolute Gasteiger partial charge is 0.115 e. The summed E-state index contributed by atoms with van der Waals surface area (Å²) in [5.74, 6) is 0.689. The Morgan fingerprint density at radius 1 is 0.652 bits per heavy atom. The van der Waals surface area contributed by atoms with Gasteiger partial charge >= 0.3 is 0 Å². The maximum absolute atomic E-state index is 9.96. The number of hydrogen-bond donors (Lipinski definition) is 2. The average molecular weight is 308 g/mol. The monoisotopic (exact) mass is 308 g/mol. The van der Waals surface area contributed by atoms with E-state index in [0.717, 1.165) is 12.8 Å². The van der Waals surface area contributed by atoms with Crippen LogP contribution in [0.2, 0.25) is 0 Å². The van der Waals surface area contributed by atoms with Crippen LogP contribution >= 0.6 is 0 Å². The van der Waals surface area contributed by atoms with Gasteiger partial charge in [-0.05, 0) is 70.2 Å².